The molecule has 0 aromatic heterocycles. The first kappa shape index (κ1) is 14.1. The summed E-state index contributed by atoms with van der Waals surface area (Å²) < 4.78 is 11.3. The molecule has 5 heteroatoms. The van der Waals surface area contributed by atoms with Crippen LogP contribution < -0.4 is 11.1 Å². The van der Waals surface area contributed by atoms with E-state index in [-0.39, 0.29) is 5.25 Å². The first-order chi connectivity index (χ1) is 7.91. The number of nitrogens with one attached hydrogen (secondary N) is 1. The van der Waals surface area contributed by atoms with Gasteiger partial charge in [-0.25, -0.2) is 0 Å². The molecule has 1 aromatic rings. The third kappa shape index (κ3) is 4.09. The van der Waals surface area contributed by atoms with Gasteiger partial charge in [0.1, 0.15) is 4.99 Å². The molecule has 0 fully saturated rings. The number of hydrogen-bond acceptors (Lipinski definition) is 3. The maximum Gasteiger partial charge on any atom is 0.106 e. The summed E-state index contributed by atoms with van der Waals surface area (Å²) >= 11 is 5.02. The van der Waals surface area contributed by atoms with Crippen LogP contribution in [0.3, 0.4) is 0 Å². The number of nitrogens with two attached hydrogens (primary N) is 1. The molecule has 0 radical (unpaired) electrons. The molecular weight excluding hydrogens is 252 g/mol. The van der Waals surface area contributed by atoms with Crippen molar-refractivity contribution in [3.63, 3.8) is 0 Å². The standard InChI is InChI=1S/C12H18N2OS2/c1-8-4-5-11(10(6-8)12(13)16)14-7-9(2)17(3)15/h4-6,9,14H,7H2,1-3H3,(H2,13,16). The second-order valence-electron chi connectivity index (χ2n) is 4.10. The van der Waals surface area contributed by atoms with E-state index in [9.17, 15) is 4.21 Å². The Kier molecular flexibility index (Phi) is 5.08. The highest BCUT2D eigenvalue weighted by Gasteiger charge is 2.09. The fraction of sp³-hybridized carbons (Fsp3) is 0.417. The molecular formula is C12H18N2OS2. The van der Waals surface area contributed by atoms with Crippen LogP contribution in [0.1, 0.15) is 18.1 Å². The summed E-state index contributed by atoms with van der Waals surface area (Å²) in [6.07, 6.45) is 1.70. The van der Waals surface area contributed by atoms with Gasteiger partial charge < -0.3 is 11.1 Å². The molecule has 0 saturated heterocycles. The van der Waals surface area contributed by atoms with Gasteiger partial charge in [-0.1, -0.05) is 23.8 Å². The van der Waals surface area contributed by atoms with E-state index >= 15 is 0 Å². The average Bonchev–Trinajstić information content (AvgIpc) is 2.26. The second kappa shape index (κ2) is 6.12. The van der Waals surface area contributed by atoms with Gasteiger partial charge in [0, 0.05) is 40.1 Å². The Morgan fingerprint density at radius 3 is 2.76 bits per heavy atom. The lowest BCUT2D eigenvalue weighted by Crippen LogP contribution is -2.22. The van der Waals surface area contributed by atoms with Crippen molar-refractivity contribution in [3.05, 3.63) is 29.3 Å². The number of aryl methyl sites for hydroxylation is 1. The molecule has 0 amide bonds. The molecule has 2 unspecified atom stereocenters. The smallest absolute Gasteiger partial charge is 0.106 e. The molecule has 3 N–H and O–H groups in total. The molecule has 0 heterocycles. The lowest BCUT2D eigenvalue weighted by Gasteiger charge is -2.14. The molecule has 0 spiro atoms. The topological polar surface area (TPSA) is 55.1 Å². The maximum atomic E-state index is 11.3. The zero-order valence-corrected chi connectivity index (χ0v) is 12.0. The monoisotopic (exact) mass is 270 g/mol. The first-order valence-corrected chi connectivity index (χ1v) is 7.41. The zero-order chi connectivity index (χ0) is 13.0. The normalized spacial score (nSPS) is 14.1. The molecule has 17 heavy (non-hydrogen) atoms. The maximum absolute atomic E-state index is 11.3. The van der Waals surface area contributed by atoms with E-state index in [1.54, 1.807) is 6.26 Å². The van der Waals surface area contributed by atoms with Crippen LogP contribution in [-0.2, 0) is 10.8 Å². The van der Waals surface area contributed by atoms with Gasteiger partial charge in [-0.3, -0.25) is 4.21 Å². The highest BCUT2D eigenvalue weighted by atomic mass is 32.2. The lowest BCUT2D eigenvalue weighted by atomic mass is 10.1. The molecule has 2 atom stereocenters. The Morgan fingerprint density at radius 2 is 2.24 bits per heavy atom. The Morgan fingerprint density at radius 1 is 1.59 bits per heavy atom. The minimum Gasteiger partial charge on any atom is -0.389 e. The van der Waals surface area contributed by atoms with Gasteiger partial charge in [0.25, 0.3) is 0 Å². The minimum absolute atomic E-state index is 0.0931. The van der Waals surface area contributed by atoms with Gasteiger partial charge in [0.05, 0.1) is 0 Å². The minimum atomic E-state index is -0.832. The van der Waals surface area contributed by atoms with Crippen molar-refractivity contribution in [1.82, 2.24) is 0 Å². The predicted octanol–water partition coefficient (Wildman–Crippen LogP) is 1.81. The number of rotatable bonds is 5. The Balaban J connectivity index is 2.84. The van der Waals surface area contributed by atoms with Crippen molar-refractivity contribution in [1.29, 1.82) is 0 Å². The van der Waals surface area contributed by atoms with E-state index < -0.39 is 10.8 Å². The van der Waals surface area contributed by atoms with Crippen LogP contribution in [0.25, 0.3) is 0 Å². The fourth-order valence-corrected chi connectivity index (χ4v) is 1.87. The Bertz CT molecular complexity index is 446. The molecule has 1 aromatic carbocycles. The van der Waals surface area contributed by atoms with Crippen molar-refractivity contribution >= 4 is 33.7 Å². The summed E-state index contributed by atoms with van der Waals surface area (Å²) in [5, 5.41) is 3.34. The quantitative estimate of drug-likeness (QED) is 0.801. The summed E-state index contributed by atoms with van der Waals surface area (Å²) in [6.45, 7) is 4.58. The predicted molar refractivity (Wildman–Crippen MR) is 79.1 cm³/mol. The number of anilines is 1. The molecule has 94 valence electrons. The van der Waals surface area contributed by atoms with E-state index in [4.69, 9.17) is 18.0 Å². The second-order valence-corrected chi connectivity index (χ2v) is 6.35. The first-order valence-electron chi connectivity index (χ1n) is 5.38. The van der Waals surface area contributed by atoms with Gasteiger partial charge in [0.2, 0.25) is 0 Å². The summed E-state index contributed by atoms with van der Waals surface area (Å²) in [7, 11) is -0.832. The van der Waals surface area contributed by atoms with Gasteiger partial charge in [-0.2, -0.15) is 0 Å². The molecule has 0 saturated carbocycles. The Labute approximate surface area is 110 Å². The molecule has 3 nitrogen and oxygen atoms in total. The summed E-state index contributed by atoms with van der Waals surface area (Å²) in [5.41, 5.74) is 8.54. The van der Waals surface area contributed by atoms with Gasteiger partial charge in [-0.05, 0) is 26.0 Å². The van der Waals surface area contributed by atoms with Gasteiger partial charge in [-0.15, -0.1) is 0 Å². The summed E-state index contributed by atoms with van der Waals surface area (Å²) in [5.74, 6) is 0. The van der Waals surface area contributed by atoms with Crippen LogP contribution in [0.5, 0.6) is 0 Å². The van der Waals surface area contributed by atoms with E-state index in [2.05, 4.69) is 5.32 Å². The third-order valence-electron chi connectivity index (χ3n) is 2.59. The van der Waals surface area contributed by atoms with E-state index in [1.165, 1.54) is 0 Å². The van der Waals surface area contributed by atoms with Crippen molar-refractivity contribution < 1.29 is 4.21 Å². The molecule has 1 rings (SSSR count). The third-order valence-corrected chi connectivity index (χ3v) is 4.11. The van der Waals surface area contributed by atoms with Gasteiger partial charge in [0.15, 0.2) is 0 Å². The Hall–Kier alpha value is -0.940. The zero-order valence-electron chi connectivity index (χ0n) is 10.3. The van der Waals surface area contributed by atoms with Crippen LogP contribution in [0.15, 0.2) is 18.2 Å². The SMILES string of the molecule is Cc1ccc(NCC(C)S(C)=O)c(C(N)=S)c1. The number of hydrogen-bond donors (Lipinski definition) is 2. The average molecular weight is 270 g/mol. The van der Waals surface area contributed by atoms with Crippen molar-refractivity contribution in [2.24, 2.45) is 5.73 Å². The molecule has 0 aliphatic heterocycles. The largest absolute Gasteiger partial charge is 0.389 e. The van der Waals surface area contributed by atoms with Crippen LogP contribution in [0.2, 0.25) is 0 Å². The van der Waals surface area contributed by atoms with Crippen molar-refractivity contribution in [2.45, 2.75) is 19.1 Å². The van der Waals surface area contributed by atoms with Crippen LogP contribution in [0.4, 0.5) is 5.69 Å². The van der Waals surface area contributed by atoms with Crippen LogP contribution in [0, 0.1) is 6.92 Å². The van der Waals surface area contributed by atoms with Crippen LogP contribution in [-0.4, -0.2) is 27.2 Å². The van der Waals surface area contributed by atoms with E-state index in [0.29, 0.717) is 11.5 Å². The highest BCUT2D eigenvalue weighted by molar-refractivity contribution is 7.84. The number of benzene rings is 1. The van der Waals surface area contributed by atoms with Crippen LogP contribution >= 0.6 is 12.2 Å². The van der Waals surface area contributed by atoms with Crippen molar-refractivity contribution in [2.75, 3.05) is 18.1 Å². The van der Waals surface area contributed by atoms with E-state index in [0.717, 1.165) is 16.8 Å². The summed E-state index contributed by atoms with van der Waals surface area (Å²) in [4.78, 5) is 0.376. The van der Waals surface area contributed by atoms with E-state index in [1.807, 2.05) is 32.0 Å². The summed E-state index contributed by atoms with van der Waals surface area (Å²) in [6, 6.07) is 5.91. The molecule has 0 aliphatic carbocycles. The van der Waals surface area contributed by atoms with Gasteiger partial charge >= 0.3 is 0 Å². The highest BCUT2D eigenvalue weighted by Crippen LogP contribution is 2.17. The fourth-order valence-electron chi connectivity index (χ4n) is 1.39. The number of thiocarbonyl (C=S) groups is 1. The van der Waals surface area contributed by atoms with Crippen molar-refractivity contribution in [3.8, 4) is 0 Å². The molecule has 0 bridgehead atoms. The molecule has 0 aliphatic rings. The lowest BCUT2D eigenvalue weighted by molar-refractivity contribution is 0.679.